The van der Waals surface area contributed by atoms with Crippen LogP contribution in [0.2, 0.25) is 0 Å². The third kappa shape index (κ3) is 3.32. The maximum atomic E-state index is 11.3. The number of carbonyl (C=O) groups excluding carboxylic acids is 1. The fourth-order valence-corrected chi connectivity index (χ4v) is 1.16. The molecule has 15 heavy (non-hydrogen) atoms. The van der Waals surface area contributed by atoms with Crippen LogP contribution in [0.4, 0.5) is 5.69 Å². The van der Waals surface area contributed by atoms with Gasteiger partial charge in [0.15, 0.2) is 0 Å². The molecule has 0 aromatic heterocycles. The van der Waals surface area contributed by atoms with Crippen LogP contribution < -0.4 is 5.32 Å². The van der Waals surface area contributed by atoms with Crippen molar-refractivity contribution >= 4 is 11.6 Å². The third-order valence-corrected chi connectivity index (χ3v) is 1.94. The van der Waals surface area contributed by atoms with Crippen LogP contribution in [-0.4, -0.2) is 12.5 Å². The first kappa shape index (κ1) is 11.1. The van der Waals surface area contributed by atoms with Gasteiger partial charge < -0.3 is 5.32 Å². The number of azide groups is 1. The fraction of sp³-hybridized carbons (Fsp3) is 0.300. The molecular weight excluding hydrogens is 192 g/mol. The van der Waals surface area contributed by atoms with Gasteiger partial charge in [-0.15, -0.1) is 0 Å². The summed E-state index contributed by atoms with van der Waals surface area (Å²) in [6, 6.07) is 5.78. The van der Waals surface area contributed by atoms with Crippen LogP contribution in [0.3, 0.4) is 0 Å². The zero-order valence-corrected chi connectivity index (χ0v) is 8.69. The third-order valence-electron chi connectivity index (χ3n) is 1.94. The fourth-order valence-electron chi connectivity index (χ4n) is 1.16. The molecule has 0 saturated heterocycles. The number of hydrogen-bond donors (Lipinski definition) is 1. The Balaban J connectivity index is 2.75. The average molecular weight is 204 g/mol. The molecule has 0 radical (unpaired) electrons. The summed E-state index contributed by atoms with van der Waals surface area (Å²) in [5, 5.41) is 5.87. The highest BCUT2D eigenvalue weighted by atomic mass is 16.1. The normalized spacial score (nSPS) is 9.20. The Labute approximate surface area is 87.7 Å². The summed E-state index contributed by atoms with van der Waals surface area (Å²) in [4.78, 5) is 13.8. The molecule has 0 fully saturated rings. The maximum absolute atomic E-state index is 11.3. The molecule has 5 heteroatoms. The molecule has 0 heterocycles. The number of benzene rings is 1. The molecule has 1 aromatic rings. The second kappa shape index (κ2) is 5.02. The molecule has 1 aromatic carbocycles. The molecule has 0 saturated carbocycles. The lowest BCUT2D eigenvalue weighted by Gasteiger charge is -2.07. The quantitative estimate of drug-likeness (QED) is 0.458. The summed E-state index contributed by atoms with van der Waals surface area (Å²) in [5.41, 5.74) is 10.9. The predicted octanol–water partition coefficient (Wildman–Crippen LogP) is 2.55. The molecular formula is C10H12N4O. The standard InChI is InChI=1S/C10H12N4O/c1-7-3-4-8(2)9(5-7)13-10(15)6-12-14-11/h3-5H,6H2,1-2H3,(H,13,15). The molecule has 0 spiro atoms. The number of anilines is 1. The van der Waals surface area contributed by atoms with Gasteiger partial charge in [-0.3, -0.25) is 4.79 Å². The van der Waals surface area contributed by atoms with Crippen LogP contribution in [0.5, 0.6) is 0 Å². The van der Waals surface area contributed by atoms with Crippen molar-refractivity contribution < 1.29 is 4.79 Å². The van der Waals surface area contributed by atoms with E-state index < -0.39 is 0 Å². The minimum Gasteiger partial charge on any atom is -0.326 e. The van der Waals surface area contributed by atoms with Crippen molar-refractivity contribution in [2.24, 2.45) is 5.11 Å². The summed E-state index contributed by atoms with van der Waals surface area (Å²) in [5.74, 6) is -0.304. The van der Waals surface area contributed by atoms with Crippen LogP contribution in [-0.2, 0) is 4.79 Å². The van der Waals surface area contributed by atoms with Crippen molar-refractivity contribution in [3.05, 3.63) is 39.8 Å². The zero-order chi connectivity index (χ0) is 11.3. The van der Waals surface area contributed by atoms with Crippen molar-refractivity contribution in [1.82, 2.24) is 0 Å². The number of carbonyl (C=O) groups is 1. The molecule has 1 N–H and O–H groups in total. The Bertz CT molecular complexity index is 421. The van der Waals surface area contributed by atoms with Gasteiger partial charge in [0.1, 0.15) is 6.54 Å². The lowest BCUT2D eigenvalue weighted by Crippen LogP contribution is -2.15. The van der Waals surface area contributed by atoms with Crippen molar-refractivity contribution in [3.8, 4) is 0 Å². The highest BCUT2D eigenvalue weighted by Crippen LogP contribution is 2.15. The van der Waals surface area contributed by atoms with E-state index in [1.807, 2.05) is 32.0 Å². The van der Waals surface area contributed by atoms with E-state index in [1.54, 1.807) is 0 Å². The van der Waals surface area contributed by atoms with E-state index in [0.717, 1.165) is 16.8 Å². The highest BCUT2D eigenvalue weighted by Gasteiger charge is 2.03. The lowest BCUT2D eigenvalue weighted by atomic mass is 10.1. The van der Waals surface area contributed by atoms with Crippen molar-refractivity contribution in [3.63, 3.8) is 0 Å². The van der Waals surface area contributed by atoms with Gasteiger partial charge in [0, 0.05) is 10.6 Å². The van der Waals surface area contributed by atoms with Gasteiger partial charge in [0.25, 0.3) is 0 Å². The first-order valence-corrected chi connectivity index (χ1v) is 4.51. The SMILES string of the molecule is Cc1ccc(C)c(NC(=O)CN=[N+]=[N-])c1. The average Bonchev–Trinajstić information content (AvgIpc) is 2.20. The van der Waals surface area contributed by atoms with Gasteiger partial charge in [-0.05, 0) is 36.6 Å². The molecule has 0 bridgehead atoms. The van der Waals surface area contributed by atoms with E-state index >= 15 is 0 Å². The second-order valence-corrected chi connectivity index (χ2v) is 3.26. The lowest BCUT2D eigenvalue weighted by molar-refractivity contribution is -0.114. The van der Waals surface area contributed by atoms with Crippen LogP contribution in [0.15, 0.2) is 23.3 Å². The molecule has 1 amide bonds. The zero-order valence-electron chi connectivity index (χ0n) is 8.69. The van der Waals surface area contributed by atoms with Crippen LogP contribution in [0.25, 0.3) is 10.4 Å². The Morgan fingerprint density at radius 3 is 2.93 bits per heavy atom. The van der Waals surface area contributed by atoms with Gasteiger partial charge in [0.05, 0.1) is 0 Å². The minimum atomic E-state index is -0.304. The van der Waals surface area contributed by atoms with Crippen molar-refractivity contribution in [1.29, 1.82) is 0 Å². The number of amides is 1. The van der Waals surface area contributed by atoms with E-state index in [2.05, 4.69) is 15.3 Å². The molecule has 0 aliphatic carbocycles. The monoisotopic (exact) mass is 204 g/mol. The minimum absolute atomic E-state index is 0.177. The van der Waals surface area contributed by atoms with Crippen LogP contribution >= 0.6 is 0 Å². The Kier molecular flexibility index (Phi) is 3.71. The van der Waals surface area contributed by atoms with Crippen molar-refractivity contribution in [2.45, 2.75) is 13.8 Å². The summed E-state index contributed by atoms with van der Waals surface area (Å²) in [6.07, 6.45) is 0. The highest BCUT2D eigenvalue weighted by molar-refractivity contribution is 5.93. The molecule has 0 aliphatic heterocycles. The Hall–Kier alpha value is -2.00. The summed E-state index contributed by atoms with van der Waals surface area (Å²) in [6.45, 7) is 3.68. The largest absolute Gasteiger partial charge is 0.326 e. The summed E-state index contributed by atoms with van der Waals surface area (Å²) >= 11 is 0. The van der Waals surface area contributed by atoms with E-state index in [-0.39, 0.29) is 12.5 Å². The smallest absolute Gasteiger partial charge is 0.230 e. The molecule has 5 nitrogen and oxygen atoms in total. The number of aryl methyl sites for hydroxylation is 2. The number of nitrogens with zero attached hydrogens (tertiary/aromatic N) is 3. The van der Waals surface area contributed by atoms with Crippen molar-refractivity contribution in [2.75, 3.05) is 11.9 Å². The Morgan fingerprint density at radius 2 is 2.27 bits per heavy atom. The molecule has 0 unspecified atom stereocenters. The number of rotatable bonds is 3. The number of nitrogens with one attached hydrogen (secondary N) is 1. The van der Waals surface area contributed by atoms with Gasteiger partial charge in [0.2, 0.25) is 5.91 Å². The summed E-state index contributed by atoms with van der Waals surface area (Å²) in [7, 11) is 0. The van der Waals surface area contributed by atoms with Gasteiger partial charge in [-0.2, -0.15) is 0 Å². The first-order chi connectivity index (χ1) is 7.13. The van der Waals surface area contributed by atoms with E-state index in [1.165, 1.54) is 0 Å². The van der Waals surface area contributed by atoms with Gasteiger partial charge in [-0.1, -0.05) is 17.2 Å². The molecule has 0 aliphatic rings. The van der Waals surface area contributed by atoms with Gasteiger partial charge in [-0.25, -0.2) is 0 Å². The van der Waals surface area contributed by atoms with E-state index in [4.69, 9.17) is 5.53 Å². The molecule has 1 rings (SSSR count). The molecule has 0 atom stereocenters. The predicted molar refractivity (Wildman–Crippen MR) is 58.6 cm³/mol. The topological polar surface area (TPSA) is 77.9 Å². The van der Waals surface area contributed by atoms with Crippen LogP contribution in [0.1, 0.15) is 11.1 Å². The Morgan fingerprint density at radius 1 is 1.53 bits per heavy atom. The van der Waals surface area contributed by atoms with Gasteiger partial charge >= 0.3 is 0 Å². The molecule has 78 valence electrons. The first-order valence-electron chi connectivity index (χ1n) is 4.51. The maximum Gasteiger partial charge on any atom is 0.230 e. The number of hydrogen-bond acceptors (Lipinski definition) is 2. The van der Waals surface area contributed by atoms with Crippen LogP contribution in [0, 0.1) is 13.8 Å². The summed E-state index contributed by atoms with van der Waals surface area (Å²) < 4.78 is 0. The second-order valence-electron chi connectivity index (χ2n) is 3.26. The van der Waals surface area contributed by atoms with E-state index in [0.29, 0.717) is 0 Å². The van der Waals surface area contributed by atoms with E-state index in [9.17, 15) is 4.79 Å².